The lowest BCUT2D eigenvalue weighted by molar-refractivity contribution is 0.0697. The molecule has 1 aromatic rings. The summed E-state index contributed by atoms with van der Waals surface area (Å²) < 4.78 is 0. The summed E-state index contributed by atoms with van der Waals surface area (Å²) in [6, 6.07) is 6.85. The van der Waals surface area contributed by atoms with Crippen LogP contribution < -0.4 is 5.32 Å². The van der Waals surface area contributed by atoms with E-state index in [4.69, 9.17) is 0 Å². The average Bonchev–Trinajstić information content (AvgIpc) is 2.62. The van der Waals surface area contributed by atoms with Crippen LogP contribution in [0.3, 0.4) is 0 Å². The van der Waals surface area contributed by atoms with E-state index in [9.17, 15) is 14.7 Å². The average molecular weight is 345 g/mol. The van der Waals surface area contributed by atoms with Crippen LogP contribution in [0, 0.1) is 5.92 Å². The molecule has 3 amide bonds. The molecular formula is C19H27N3O3. The molecule has 2 fully saturated rings. The second-order valence-electron chi connectivity index (χ2n) is 7.22. The third kappa shape index (κ3) is 4.51. The van der Waals surface area contributed by atoms with E-state index in [1.807, 2.05) is 4.90 Å². The summed E-state index contributed by atoms with van der Waals surface area (Å²) in [5.41, 5.74) is 1.31. The number of nitrogens with zero attached hydrogens (tertiary/aromatic N) is 2. The number of carbonyl (C=O) groups is 2. The number of nitrogens with one attached hydrogen (secondary N) is 1. The molecule has 136 valence electrons. The van der Waals surface area contributed by atoms with Gasteiger partial charge in [0.2, 0.25) is 0 Å². The third-order valence-corrected chi connectivity index (χ3v) is 5.14. The molecule has 0 unspecified atom stereocenters. The van der Waals surface area contributed by atoms with Gasteiger partial charge < -0.3 is 20.2 Å². The first-order valence-corrected chi connectivity index (χ1v) is 9.16. The maximum Gasteiger partial charge on any atom is 0.321 e. The number of anilines is 1. The fourth-order valence-corrected chi connectivity index (χ4v) is 3.43. The van der Waals surface area contributed by atoms with Gasteiger partial charge in [0, 0.05) is 37.4 Å². The number of rotatable bonds is 2. The Hall–Kier alpha value is -2.08. The normalized spacial score (nSPS) is 21.9. The molecule has 0 bridgehead atoms. The van der Waals surface area contributed by atoms with Gasteiger partial charge in [0.1, 0.15) is 0 Å². The van der Waals surface area contributed by atoms with E-state index in [0.29, 0.717) is 30.3 Å². The highest BCUT2D eigenvalue weighted by Gasteiger charge is 2.23. The van der Waals surface area contributed by atoms with Crippen LogP contribution in [0.5, 0.6) is 0 Å². The zero-order valence-corrected chi connectivity index (χ0v) is 14.8. The van der Waals surface area contributed by atoms with Gasteiger partial charge in [-0.1, -0.05) is 6.92 Å². The van der Waals surface area contributed by atoms with E-state index in [2.05, 4.69) is 12.2 Å². The minimum absolute atomic E-state index is 0.0592. The van der Waals surface area contributed by atoms with E-state index in [-0.39, 0.29) is 11.9 Å². The number of hydrogen-bond donors (Lipinski definition) is 2. The van der Waals surface area contributed by atoms with Crippen LogP contribution in [0.15, 0.2) is 24.3 Å². The lowest BCUT2D eigenvalue weighted by atomic mass is 9.98. The van der Waals surface area contributed by atoms with Crippen molar-refractivity contribution >= 4 is 17.6 Å². The van der Waals surface area contributed by atoms with Crippen molar-refractivity contribution in [2.24, 2.45) is 5.92 Å². The molecule has 0 aliphatic carbocycles. The summed E-state index contributed by atoms with van der Waals surface area (Å²) in [5.74, 6) is 0.749. The number of urea groups is 1. The topological polar surface area (TPSA) is 72.9 Å². The van der Waals surface area contributed by atoms with E-state index < -0.39 is 6.10 Å². The van der Waals surface area contributed by atoms with E-state index in [1.165, 1.54) is 0 Å². The van der Waals surface area contributed by atoms with Crippen molar-refractivity contribution in [2.45, 2.75) is 38.7 Å². The molecule has 0 aromatic heterocycles. The van der Waals surface area contributed by atoms with Gasteiger partial charge >= 0.3 is 6.03 Å². The first-order valence-electron chi connectivity index (χ1n) is 9.16. The van der Waals surface area contributed by atoms with Crippen molar-refractivity contribution in [3.8, 4) is 0 Å². The molecule has 3 rings (SSSR count). The molecule has 2 saturated heterocycles. The SMILES string of the molecule is CC1CCN(C(=O)c2ccc(NC(=O)N3CCC[C@@H](O)C3)cc2)CC1. The van der Waals surface area contributed by atoms with Gasteiger partial charge in [0.25, 0.3) is 5.91 Å². The first-order chi connectivity index (χ1) is 12.0. The molecule has 2 N–H and O–H groups in total. The standard InChI is InChI=1S/C19H27N3O3/c1-14-8-11-21(12-9-14)18(24)15-4-6-16(7-5-15)20-19(25)22-10-2-3-17(23)13-22/h4-7,14,17,23H,2-3,8-13H2,1H3,(H,20,25)/t17-/m1/s1. The van der Waals surface area contributed by atoms with Crippen LogP contribution in [0.4, 0.5) is 10.5 Å². The number of carbonyl (C=O) groups excluding carboxylic acids is 2. The van der Waals surface area contributed by atoms with Crippen molar-refractivity contribution in [1.29, 1.82) is 0 Å². The summed E-state index contributed by atoms with van der Waals surface area (Å²) in [6.07, 6.45) is 3.24. The van der Waals surface area contributed by atoms with Crippen molar-refractivity contribution < 1.29 is 14.7 Å². The molecule has 0 saturated carbocycles. The molecule has 2 aliphatic heterocycles. The van der Waals surface area contributed by atoms with Gasteiger partial charge in [-0.2, -0.15) is 0 Å². The number of amides is 3. The summed E-state index contributed by atoms with van der Waals surface area (Å²) in [6.45, 7) is 4.88. The van der Waals surface area contributed by atoms with Crippen LogP contribution in [0.1, 0.15) is 43.0 Å². The number of aliphatic hydroxyl groups is 1. The predicted octanol–water partition coefficient (Wildman–Crippen LogP) is 2.55. The van der Waals surface area contributed by atoms with E-state index in [1.54, 1.807) is 29.2 Å². The molecule has 25 heavy (non-hydrogen) atoms. The first kappa shape index (κ1) is 17.7. The maximum absolute atomic E-state index is 12.5. The Morgan fingerprint density at radius 1 is 1.04 bits per heavy atom. The number of likely N-dealkylation sites (tertiary alicyclic amines) is 2. The molecule has 0 spiro atoms. The van der Waals surface area contributed by atoms with Crippen molar-refractivity contribution in [2.75, 3.05) is 31.5 Å². The summed E-state index contributed by atoms with van der Waals surface area (Å²) >= 11 is 0. The van der Waals surface area contributed by atoms with Crippen LogP contribution in [-0.4, -0.2) is 59.1 Å². The van der Waals surface area contributed by atoms with Gasteiger partial charge in [-0.05, 0) is 55.9 Å². The summed E-state index contributed by atoms with van der Waals surface area (Å²) in [7, 11) is 0. The Kier molecular flexibility index (Phi) is 5.58. The third-order valence-electron chi connectivity index (χ3n) is 5.14. The molecule has 1 aromatic carbocycles. The van der Waals surface area contributed by atoms with Gasteiger partial charge in [-0.3, -0.25) is 4.79 Å². The lowest BCUT2D eigenvalue weighted by Crippen LogP contribution is -2.44. The summed E-state index contributed by atoms with van der Waals surface area (Å²) in [4.78, 5) is 28.3. The Labute approximate surface area is 148 Å². The zero-order valence-electron chi connectivity index (χ0n) is 14.8. The molecular weight excluding hydrogens is 318 g/mol. The van der Waals surface area contributed by atoms with Crippen LogP contribution in [0.2, 0.25) is 0 Å². The van der Waals surface area contributed by atoms with Crippen LogP contribution >= 0.6 is 0 Å². The molecule has 6 nitrogen and oxygen atoms in total. The number of β-amino-alcohol motifs (C(OH)–C–C–N with tert-alkyl or cyclic N) is 1. The maximum atomic E-state index is 12.5. The lowest BCUT2D eigenvalue weighted by Gasteiger charge is -2.30. The number of aliphatic hydroxyl groups excluding tert-OH is 1. The molecule has 2 heterocycles. The molecule has 1 atom stereocenters. The van der Waals surface area contributed by atoms with E-state index in [0.717, 1.165) is 38.8 Å². The van der Waals surface area contributed by atoms with Gasteiger partial charge in [0.15, 0.2) is 0 Å². The second-order valence-corrected chi connectivity index (χ2v) is 7.22. The number of benzene rings is 1. The Bertz CT molecular complexity index is 609. The number of hydrogen-bond acceptors (Lipinski definition) is 3. The monoisotopic (exact) mass is 345 g/mol. The Balaban J connectivity index is 1.56. The highest BCUT2D eigenvalue weighted by molar-refractivity contribution is 5.95. The fourth-order valence-electron chi connectivity index (χ4n) is 3.43. The quantitative estimate of drug-likeness (QED) is 0.865. The highest BCUT2D eigenvalue weighted by Crippen LogP contribution is 2.19. The Morgan fingerprint density at radius 3 is 2.36 bits per heavy atom. The van der Waals surface area contributed by atoms with Crippen molar-refractivity contribution in [3.05, 3.63) is 29.8 Å². The number of piperidine rings is 2. The predicted molar refractivity (Wildman–Crippen MR) is 96.6 cm³/mol. The highest BCUT2D eigenvalue weighted by atomic mass is 16.3. The van der Waals surface area contributed by atoms with Crippen LogP contribution in [0.25, 0.3) is 0 Å². The van der Waals surface area contributed by atoms with Gasteiger partial charge in [0.05, 0.1) is 6.10 Å². The van der Waals surface area contributed by atoms with Gasteiger partial charge in [-0.15, -0.1) is 0 Å². The minimum Gasteiger partial charge on any atom is -0.391 e. The molecule has 2 aliphatic rings. The zero-order chi connectivity index (χ0) is 17.8. The molecule has 0 radical (unpaired) electrons. The van der Waals surface area contributed by atoms with E-state index >= 15 is 0 Å². The minimum atomic E-state index is -0.438. The van der Waals surface area contributed by atoms with Crippen LogP contribution in [-0.2, 0) is 0 Å². The van der Waals surface area contributed by atoms with Crippen molar-refractivity contribution in [1.82, 2.24) is 9.80 Å². The van der Waals surface area contributed by atoms with Crippen molar-refractivity contribution in [3.63, 3.8) is 0 Å². The van der Waals surface area contributed by atoms with Gasteiger partial charge in [-0.25, -0.2) is 4.79 Å². The smallest absolute Gasteiger partial charge is 0.321 e. The fraction of sp³-hybridized carbons (Fsp3) is 0.579. The second kappa shape index (κ2) is 7.87. The Morgan fingerprint density at radius 2 is 1.72 bits per heavy atom. The largest absolute Gasteiger partial charge is 0.391 e. The molecule has 6 heteroatoms. The summed E-state index contributed by atoms with van der Waals surface area (Å²) in [5, 5.41) is 12.5.